The Labute approximate surface area is 192 Å². The lowest BCUT2D eigenvalue weighted by molar-refractivity contribution is -0.127. The molecule has 5 nitrogen and oxygen atoms in total. The fourth-order valence-electron chi connectivity index (χ4n) is 3.88. The van der Waals surface area contributed by atoms with Crippen molar-refractivity contribution in [1.29, 1.82) is 0 Å². The normalized spacial score (nSPS) is 16.9. The van der Waals surface area contributed by atoms with Crippen LogP contribution in [-0.4, -0.2) is 28.9 Å². The van der Waals surface area contributed by atoms with Gasteiger partial charge in [-0.05, 0) is 62.2 Å². The molecule has 1 aliphatic heterocycles. The highest BCUT2D eigenvalue weighted by Crippen LogP contribution is 2.26. The molecule has 0 unspecified atom stereocenters. The second-order valence-electron chi connectivity index (χ2n) is 7.91. The van der Waals surface area contributed by atoms with Gasteiger partial charge in [0.2, 0.25) is 11.8 Å². The number of halogens is 2. The summed E-state index contributed by atoms with van der Waals surface area (Å²) in [5.41, 5.74) is 2.73. The van der Waals surface area contributed by atoms with E-state index in [-0.39, 0.29) is 11.8 Å². The van der Waals surface area contributed by atoms with Gasteiger partial charge in [-0.1, -0.05) is 41.4 Å². The van der Waals surface area contributed by atoms with Crippen molar-refractivity contribution < 1.29 is 9.21 Å². The van der Waals surface area contributed by atoms with Crippen LogP contribution in [0.1, 0.15) is 29.9 Å². The van der Waals surface area contributed by atoms with E-state index in [0.717, 1.165) is 42.0 Å². The van der Waals surface area contributed by atoms with Crippen LogP contribution in [0.3, 0.4) is 0 Å². The lowest BCUT2D eigenvalue weighted by Crippen LogP contribution is -2.42. The van der Waals surface area contributed by atoms with Crippen LogP contribution in [0.5, 0.6) is 0 Å². The second-order valence-corrected chi connectivity index (χ2v) is 8.76. The Morgan fingerprint density at radius 3 is 2.74 bits per heavy atom. The number of nitrogens with one attached hydrogen (secondary N) is 1. The first-order valence-electron chi connectivity index (χ1n) is 10.5. The third-order valence-corrected chi connectivity index (χ3v) is 6.27. The lowest BCUT2D eigenvalue weighted by atomic mass is 9.97. The summed E-state index contributed by atoms with van der Waals surface area (Å²) < 4.78 is 5.88. The number of amides is 1. The van der Waals surface area contributed by atoms with Crippen LogP contribution < -0.4 is 5.32 Å². The number of carbonyl (C=O) groups is 1. The largest absolute Gasteiger partial charge is 0.441 e. The number of nitrogens with zero attached hydrogens (tertiary/aromatic N) is 2. The molecule has 1 fully saturated rings. The number of likely N-dealkylation sites (tertiary alicyclic amines) is 1. The first-order chi connectivity index (χ1) is 15.0. The SMILES string of the molecule is Cc1oc(-c2ccc(Cl)cc2)nc1CN1CCC[C@H](C(=O)NCc2ccccc2Cl)C1. The zero-order chi connectivity index (χ0) is 21.8. The van der Waals surface area contributed by atoms with Crippen molar-refractivity contribution in [1.82, 2.24) is 15.2 Å². The summed E-state index contributed by atoms with van der Waals surface area (Å²) in [6.45, 7) is 4.69. The van der Waals surface area contributed by atoms with Gasteiger partial charge in [-0.15, -0.1) is 0 Å². The Balaban J connectivity index is 1.36. The van der Waals surface area contributed by atoms with Crippen LogP contribution in [-0.2, 0) is 17.9 Å². The molecule has 0 spiro atoms. The van der Waals surface area contributed by atoms with Gasteiger partial charge in [0, 0.05) is 35.2 Å². The van der Waals surface area contributed by atoms with Crippen LogP contribution in [0.15, 0.2) is 52.9 Å². The molecular formula is C24H25Cl2N3O2. The van der Waals surface area contributed by atoms with E-state index in [1.165, 1.54) is 0 Å². The predicted octanol–water partition coefficient (Wildman–Crippen LogP) is 5.49. The minimum absolute atomic E-state index is 0.0424. The first kappa shape index (κ1) is 21.9. The van der Waals surface area contributed by atoms with Gasteiger partial charge in [0.05, 0.1) is 11.6 Å². The Kier molecular flexibility index (Phi) is 6.96. The van der Waals surface area contributed by atoms with Crippen molar-refractivity contribution in [3.8, 4) is 11.5 Å². The van der Waals surface area contributed by atoms with E-state index in [4.69, 9.17) is 32.6 Å². The van der Waals surface area contributed by atoms with Crippen molar-refractivity contribution in [2.24, 2.45) is 5.92 Å². The molecule has 0 radical (unpaired) electrons. The van der Waals surface area contributed by atoms with E-state index in [0.29, 0.717) is 35.6 Å². The van der Waals surface area contributed by atoms with Crippen LogP contribution in [0, 0.1) is 12.8 Å². The number of carbonyl (C=O) groups excluding carboxylic acids is 1. The van der Waals surface area contributed by atoms with Crippen LogP contribution in [0.2, 0.25) is 10.0 Å². The van der Waals surface area contributed by atoms with Gasteiger partial charge < -0.3 is 9.73 Å². The Hall–Kier alpha value is -2.34. The summed E-state index contributed by atoms with van der Waals surface area (Å²) in [6.07, 6.45) is 1.86. The molecule has 0 saturated carbocycles. The van der Waals surface area contributed by atoms with Crippen molar-refractivity contribution in [2.75, 3.05) is 13.1 Å². The van der Waals surface area contributed by atoms with Crippen LogP contribution >= 0.6 is 23.2 Å². The number of hydrogen-bond acceptors (Lipinski definition) is 4. The van der Waals surface area contributed by atoms with Gasteiger partial charge in [-0.25, -0.2) is 4.98 Å². The Bertz CT molecular complexity index is 1050. The highest BCUT2D eigenvalue weighted by atomic mass is 35.5. The van der Waals surface area contributed by atoms with Crippen molar-refractivity contribution in [3.05, 3.63) is 75.6 Å². The highest BCUT2D eigenvalue weighted by molar-refractivity contribution is 6.31. The van der Waals surface area contributed by atoms with E-state index >= 15 is 0 Å². The van der Waals surface area contributed by atoms with Gasteiger partial charge in [-0.3, -0.25) is 9.69 Å². The molecule has 7 heteroatoms. The maximum atomic E-state index is 12.7. The maximum absolute atomic E-state index is 12.7. The first-order valence-corrected chi connectivity index (χ1v) is 11.2. The van der Waals surface area contributed by atoms with Gasteiger partial charge >= 0.3 is 0 Å². The molecule has 31 heavy (non-hydrogen) atoms. The molecule has 1 aromatic heterocycles. The molecule has 0 aliphatic carbocycles. The van der Waals surface area contributed by atoms with Crippen LogP contribution in [0.25, 0.3) is 11.5 Å². The fourth-order valence-corrected chi connectivity index (χ4v) is 4.21. The summed E-state index contributed by atoms with van der Waals surface area (Å²) >= 11 is 12.2. The van der Waals surface area contributed by atoms with E-state index in [9.17, 15) is 4.79 Å². The summed E-state index contributed by atoms with van der Waals surface area (Å²) in [6, 6.07) is 15.0. The van der Waals surface area contributed by atoms with Gasteiger partial charge in [0.25, 0.3) is 0 Å². The molecule has 2 aromatic carbocycles. The van der Waals surface area contributed by atoms with Gasteiger partial charge in [-0.2, -0.15) is 0 Å². The molecule has 4 rings (SSSR count). The zero-order valence-corrected chi connectivity index (χ0v) is 18.9. The van der Waals surface area contributed by atoms with Gasteiger partial charge in [0.15, 0.2) is 0 Å². The number of aromatic nitrogens is 1. The maximum Gasteiger partial charge on any atom is 0.226 e. The number of benzene rings is 2. The third-order valence-electron chi connectivity index (χ3n) is 5.64. The zero-order valence-electron chi connectivity index (χ0n) is 17.4. The average molecular weight is 458 g/mol. The van der Waals surface area contributed by atoms with Gasteiger partial charge in [0.1, 0.15) is 5.76 Å². The Morgan fingerprint density at radius 1 is 1.19 bits per heavy atom. The number of oxazole rings is 1. The van der Waals surface area contributed by atoms with Crippen molar-refractivity contribution in [3.63, 3.8) is 0 Å². The molecule has 3 aromatic rings. The minimum atomic E-state index is -0.0424. The monoisotopic (exact) mass is 457 g/mol. The predicted molar refractivity (Wildman–Crippen MR) is 123 cm³/mol. The summed E-state index contributed by atoms with van der Waals surface area (Å²) in [4.78, 5) is 19.7. The van der Waals surface area contributed by atoms with Crippen molar-refractivity contribution >= 4 is 29.1 Å². The molecule has 1 atom stereocenters. The second kappa shape index (κ2) is 9.86. The molecule has 2 heterocycles. The number of hydrogen-bond donors (Lipinski definition) is 1. The quantitative estimate of drug-likeness (QED) is 0.531. The van der Waals surface area contributed by atoms with E-state index in [1.807, 2.05) is 55.5 Å². The molecule has 1 aliphatic rings. The molecular weight excluding hydrogens is 433 g/mol. The summed E-state index contributed by atoms with van der Waals surface area (Å²) in [7, 11) is 0. The third kappa shape index (κ3) is 5.48. The standard InChI is InChI=1S/C24H25Cl2N3O2/c1-16-22(28-24(31-16)17-8-10-20(25)11-9-17)15-29-12-4-6-19(14-29)23(30)27-13-18-5-2-3-7-21(18)26/h2-3,5,7-11,19H,4,6,12-15H2,1H3,(H,27,30)/t19-/m0/s1. The average Bonchev–Trinajstić information content (AvgIpc) is 3.13. The molecule has 1 amide bonds. The molecule has 162 valence electrons. The lowest BCUT2D eigenvalue weighted by Gasteiger charge is -2.31. The number of rotatable bonds is 6. The molecule has 0 bridgehead atoms. The van der Waals surface area contributed by atoms with Crippen molar-refractivity contribution in [2.45, 2.75) is 32.9 Å². The number of piperidine rings is 1. The van der Waals surface area contributed by atoms with E-state index < -0.39 is 0 Å². The summed E-state index contributed by atoms with van der Waals surface area (Å²) in [5.74, 6) is 1.42. The summed E-state index contributed by atoms with van der Waals surface area (Å²) in [5, 5.41) is 4.39. The molecule has 1 N–H and O–H groups in total. The van der Waals surface area contributed by atoms with E-state index in [2.05, 4.69) is 10.2 Å². The fraction of sp³-hybridized carbons (Fsp3) is 0.333. The van der Waals surface area contributed by atoms with E-state index in [1.54, 1.807) is 0 Å². The number of aryl methyl sites for hydroxylation is 1. The smallest absolute Gasteiger partial charge is 0.226 e. The minimum Gasteiger partial charge on any atom is -0.441 e. The van der Waals surface area contributed by atoms with Crippen LogP contribution in [0.4, 0.5) is 0 Å². The molecule has 1 saturated heterocycles. The Morgan fingerprint density at radius 2 is 1.97 bits per heavy atom. The topological polar surface area (TPSA) is 58.4 Å². The highest BCUT2D eigenvalue weighted by Gasteiger charge is 2.27.